The minimum absolute atomic E-state index is 0.274. The molecule has 0 atom stereocenters. The predicted octanol–water partition coefficient (Wildman–Crippen LogP) is 2.16. The molecule has 1 saturated carbocycles. The second kappa shape index (κ2) is 6.28. The Kier molecular flexibility index (Phi) is 4.22. The van der Waals surface area contributed by atoms with Crippen LogP contribution in [-0.2, 0) is 6.54 Å². The largest absolute Gasteiger partial charge is 0.339 e. The van der Waals surface area contributed by atoms with Crippen LogP contribution in [-0.4, -0.2) is 19.5 Å². The Morgan fingerprint density at radius 3 is 2.81 bits per heavy atom. The highest BCUT2D eigenvalue weighted by atomic mass is 16.2. The summed E-state index contributed by atoms with van der Waals surface area (Å²) in [6, 6.07) is 0. The lowest BCUT2D eigenvalue weighted by atomic mass is 9.86. The molecule has 0 radical (unpaired) electrons. The van der Waals surface area contributed by atoms with Gasteiger partial charge in [0.05, 0.1) is 6.33 Å². The van der Waals surface area contributed by atoms with Crippen molar-refractivity contribution < 1.29 is 0 Å². The van der Waals surface area contributed by atoms with Gasteiger partial charge in [0.15, 0.2) is 5.65 Å². The Balaban J connectivity index is 1.60. The maximum absolute atomic E-state index is 12.2. The predicted molar refractivity (Wildman–Crippen MR) is 81.4 cm³/mol. The molecule has 1 aliphatic rings. The van der Waals surface area contributed by atoms with Crippen molar-refractivity contribution in [1.29, 1.82) is 0 Å². The minimum atomic E-state index is -0.364. The van der Waals surface area contributed by atoms with Crippen LogP contribution < -0.4 is 11.2 Å². The lowest BCUT2D eigenvalue weighted by Crippen LogP contribution is -2.35. The standard InChI is InChI=1S/C15H22N4O2/c20-14-12-13(17-10-16-12)18-15(21)19(14)9-5-4-8-11-6-2-1-3-7-11/h10-11H,1-9H2,(H,16,17)(H,18,21). The van der Waals surface area contributed by atoms with Crippen LogP contribution in [0, 0.1) is 5.92 Å². The minimum Gasteiger partial charge on any atom is -0.339 e. The third-order valence-corrected chi connectivity index (χ3v) is 4.54. The zero-order valence-electron chi connectivity index (χ0n) is 12.2. The van der Waals surface area contributed by atoms with Crippen molar-refractivity contribution in [2.24, 2.45) is 5.92 Å². The molecule has 0 aromatic carbocycles. The van der Waals surface area contributed by atoms with Gasteiger partial charge in [-0.05, 0) is 12.3 Å². The molecule has 0 amide bonds. The van der Waals surface area contributed by atoms with E-state index in [1.165, 1.54) is 49.4 Å². The van der Waals surface area contributed by atoms with E-state index in [1.54, 1.807) is 0 Å². The fourth-order valence-corrected chi connectivity index (χ4v) is 3.33. The maximum atomic E-state index is 12.2. The quantitative estimate of drug-likeness (QED) is 0.828. The summed E-state index contributed by atoms with van der Waals surface area (Å²) in [4.78, 5) is 33.4. The first-order chi connectivity index (χ1) is 10.3. The van der Waals surface area contributed by atoms with Crippen molar-refractivity contribution in [2.45, 2.75) is 57.9 Å². The monoisotopic (exact) mass is 290 g/mol. The SMILES string of the molecule is O=c1[nH]c2nc[nH]c2c(=O)n1CCCCC1CCCCC1. The Morgan fingerprint density at radius 1 is 1.19 bits per heavy atom. The van der Waals surface area contributed by atoms with Gasteiger partial charge < -0.3 is 4.98 Å². The Hall–Kier alpha value is -1.85. The summed E-state index contributed by atoms with van der Waals surface area (Å²) in [6.45, 7) is 0.482. The van der Waals surface area contributed by atoms with Gasteiger partial charge in [-0.1, -0.05) is 44.9 Å². The molecule has 6 heteroatoms. The van der Waals surface area contributed by atoms with Crippen molar-refractivity contribution in [3.05, 3.63) is 27.2 Å². The summed E-state index contributed by atoms with van der Waals surface area (Å²) in [5.41, 5.74) is 0.0755. The molecular formula is C15H22N4O2. The molecule has 0 saturated heterocycles. The van der Waals surface area contributed by atoms with Gasteiger partial charge in [-0.2, -0.15) is 0 Å². The van der Waals surface area contributed by atoms with Crippen LogP contribution in [0.2, 0.25) is 0 Å². The van der Waals surface area contributed by atoms with Crippen LogP contribution in [0.3, 0.4) is 0 Å². The van der Waals surface area contributed by atoms with E-state index in [1.807, 2.05) is 0 Å². The van der Waals surface area contributed by atoms with Crippen LogP contribution in [0.25, 0.3) is 11.2 Å². The van der Waals surface area contributed by atoms with Gasteiger partial charge >= 0.3 is 5.69 Å². The molecule has 2 aromatic rings. The highest BCUT2D eigenvalue weighted by molar-refractivity contribution is 5.67. The average Bonchev–Trinajstić information content (AvgIpc) is 2.96. The fourth-order valence-electron chi connectivity index (χ4n) is 3.33. The number of H-pyrrole nitrogens is 2. The first-order valence-electron chi connectivity index (χ1n) is 7.92. The van der Waals surface area contributed by atoms with E-state index in [4.69, 9.17) is 0 Å². The topological polar surface area (TPSA) is 83.5 Å². The van der Waals surface area contributed by atoms with Crippen molar-refractivity contribution in [3.8, 4) is 0 Å². The molecule has 114 valence electrons. The molecule has 6 nitrogen and oxygen atoms in total. The number of fused-ring (bicyclic) bond motifs is 1. The van der Waals surface area contributed by atoms with Crippen molar-refractivity contribution in [1.82, 2.24) is 19.5 Å². The lowest BCUT2D eigenvalue weighted by Gasteiger charge is -2.21. The normalized spacial score (nSPS) is 16.6. The fraction of sp³-hybridized carbons (Fsp3) is 0.667. The molecule has 0 bridgehead atoms. The molecule has 2 aromatic heterocycles. The lowest BCUT2D eigenvalue weighted by molar-refractivity contribution is 0.326. The third kappa shape index (κ3) is 3.09. The number of unbranched alkanes of at least 4 members (excludes halogenated alkanes) is 1. The number of aromatic nitrogens is 4. The number of rotatable bonds is 5. The van der Waals surface area contributed by atoms with Gasteiger partial charge in [0.1, 0.15) is 5.52 Å². The van der Waals surface area contributed by atoms with Crippen LogP contribution in [0.5, 0.6) is 0 Å². The van der Waals surface area contributed by atoms with Crippen molar-refractivity contribution in [3.63, 3.8) is 0 Å². The Morgan fingerprint density at radius 2 is 2.00 bits per heavy atom. The number of imidazole rings is 1. The summed E-state index contributed by atoms with van der Waals surface area (Å²) >= 11 is 0. The molecule has 0 unspecified atom stereocenters. The smallest absolute Gasteiger partial charge is 0.330 e. The highest BCUT2D eigenvalue weighted by Gasteiger charge is 2.13. The molecule has 21 heavy (non-hydrogen) atoms. The van der Waals surface area contributed by atoms with E-state index in [0.29, 0.717) is 17.7 Å². The van der Waals surface area contributed by atoms with Gasteiger partial charge in [0.2, 0.25) is 0 Å². The molecule has 1 aliphatic carbocycles. The van der Waals surface area contributed by atoms with E-state index in [2.05, 4.69) is 15.0 Å². The number of hydrogen-bond donors (Lipinski definition) is 2. The number of aromatic amines is 2. The van der Waals surface area contributed by atoms with Gasteiger partial charge in [-0.25, -0.2) is 9.78 Å². The van der Waals surface area contributed by atoms with E-state index >= 15 is 0 Å². The molecule has 2 N–H and O–H groups in total. The molecular weight excluding hydrogens is 268 g/mol. The van der Waals surface area contributed by atoms with Gasteiger partial charge in [-0.3, -0.25) is 14.3 Å². The second-order valence-electron chi connectivity index (χ2n) is 6.01. The molecule has 0 aliphatic heterocycles. The van der Waals surface area contributed by atoms with E-state index in [-0.39, 0.29) is 11.2 Å². The van der Waals surface area contributed by atoms with Crippen molar-refractivity contribution in [2.75, 3.05) is 0 Å². The third-order valence-electron chi connectivity index (χ3n) is 4.54. The second-order valence-corrected chi connectivity index (χ2v) is 6.01. The van der Waals surface area contributed by atoms with E-state index < -0.39 is 0 Å². The molecule has 3 rings (SSSR count). The van der Waals surface area contributed by atoms with Gasteiger partial charge in [-0.15, -0.1) is 0 Å². The first kappa shape index (κ1) is 14.1. The molecule has 2 heterocycles. The van der Waals surface area contributed by atoms with Crippen LogP contribution in [0.1, 0.15) is 51.4 Å². The summed E-state index contributed by atoms with van der Waals surface area (Å²) in [6.07, 6.45) is 11.4. The summed E-state index contributed by atoms with van der Waals surface area (Å²) in [7, 11) is 0. The van der Waals surface area contributed by atoms with E-state index in [9.17, 15) is 9.59 Å². The van der Waals surface area contributed by atoms with Crippen molar-refractivity contribution >= 4 is 11.2 Å². The van der Waals surface area contributed by atoms with Gasteiger partial charge in [0.25, 0.3) is 5.56 Å². The number of nitrogens with zero attached hydrogens (tertiary/aromatic N) is 2. The molecule has 1 fully saturated rings. The van der Waals surface area contributed by atoms with Crippen LogP contribution in [0.4, 0.5) is 0 Å². The highest BCUT2D eigenvalue weighted by Crippen LogP contribution is 2.27. The zero-order valence-corrected chi connectivity index (χ0v) is 12.2. The summed E-state index contributed by atoms with van der Waals surface area (Å²) in [5.74, 6) is 0.851. The van der Waals surface area contributed by atoms with Gasteiger partial charge in [0, 0.05) is 6.54 Å². The number of nitrogens with one attached hydrogen (secondary N) is 2. The van der Waals surface area contributed by atoms with E-state index in [0.717, 1.165) is 18.8 Å². The number of hydrogen-bond acceptors (Lipinski definition) is 3. The summed E-state index contributed by atoms with van der Waals surface area (Å²) < 4.78 is 1.28. The zero-order chi connectivity index (χ0) is 14.7. The summed E-state index contributed by atoms with van der Waals surface area (Å²) in [5, 5.41) is 0. The van der Waals surface area contributed by atoms with Crippen LogP contribution in [0.15, 0.2) is 15.9 Å². The van der Waals surface area contributed by atoms with Crippen LogP contribution >= 0.6 is 0 Å². The Labute approximate surface area is 122 Å². The molecule has 0 spiro atoms. The average molecular weight is 290 g/mol. The Bertz CT molecular complexity index is 706. The maximum Gasteiger partial charge on any atom is 0.330 e. The first-order valence-corrected chi connectivity index (χ1v) is 7.92.